The van der Waals surface area contributed by atoms with Crippen LogP contribution in [0, 0.1) is 6.92 Å². The van der Waals surface area contributed by atoms with E-state index < -0.39 is 5.97 Å². The second-order valence-electron chi connectivity index (χ2n) is 6.64. The van der Waals surface area contributed by atoms with Crippen LogP contribution in [0.25, 0.3) is 11.5 Å². The maximum atomic E-state index is 11.0. The summed E-state index contributed by atoms with van der Waals surface area (Å²) >= 11 is 0. The first-order valence-corrected chi connectivity index (χ1v) is 9.20. The molecule has 0 saturated carbocycles. The predicted molar refractivity (Wildman–Crippen MR) is 109 cm³/mol. The van der Waals surface area contributed by atoms with Crippen molar-refractivity contribution in [3.63, 3.8) is 0 Å². The van der Waals surface area contributed by atoms with Gasteiger partial charge in [-0.15, -0.1) is 0 Å². The maximum Gasteiger partial charge on any atom is 0.335 e. The highest BCUT2D eigenvalue weighted by Gasteiger charge is 2.13. The average Bonchev–Trinajstić information content (AvgIpc) is 3.10. The molecule has 0 fully saturated rings. The normalized spacial score (nSPS) is 10.7. The molecular formula is C24H19NO4. The molecule has 0 spiro atoms. The van der Waals surface area contributed by atoms with Crippen molar-refractivity contribution in [3.8, 4) is 23.0 Å². The van der Waals surface area contributed by atoms with E-state index in [2.05, 4.69) is 4.98 Å². The molecule has 5 nitrogen and oxygen atoms in total. The van der Waals surface area contributed by atoms with Gasteiger partial charge in [0.05, 0.1) is 11.3 Å². The van der Waals surface area contributed by atoms with Gasteiger partial charge in [0.2, 0.25) is 5.89 Å². The third-order valence-electron chi connectivity index (χ3n) is 4.55. The number of hydrogen-bond donors (Lipinski definition) is 1. The molecule has 4 aromatic rings. The summed E-state index contributed by atoms with van der Waals surface area (Å²) in [5.74, 6) is 1.84. The van der Waals surface area contributed by atoms with E-state index >= 15 is 0 Å². The van der Waals surface area contributed by atoms with Crippen molar-refractivity contribution in [2.24, 2.45) is 0 Å². The number of benzene rings is 3. The van der Waals surface area contributed by atoms with Crippen molar-refractivity contribution in [1.29, 1.82) is 0 Å². The third kappa shape index (κ3) is 4.35. The summed E-state index contributed by atoms with van der Waals surface area (Å²) in [6.07, 6.45) is 0.633. The molecule has 144 valence electrons. The van der Waals surface area contributed by atoms with Gasteiger partial charge in [0, 0.05) is 12.0 Å². The molecule has 0 unspecified atom stereocenters. The van der Waals surface area contributed by atoms with Crippen LogP contribution in [0.2, 0.25) is 0 Å². The summed E-state index contributed by atoms with van der Waals surface area (Å²) in [6.45, 7) is 1.88. The van der Waals surface area contributed by atoms with E-state index in [1.807, 2.05) is 61.5 Å². The fraction of sp³-hybridized carbons (Fsp3) is 0.0833. The molecule has 29 heavy (non-hydrogen) atoms. The second-order valence-corrected chi connectivity index (χ2v) is 6.64. The van der Waals surface area contributed by atoms with E-state index in [4.69, 9.17) is 14.3 Å². The van der Waals surface area contributed by atoms with E-state index in [0.717, 1.165) is 34.1 Å². The van der Waals surface area contributed by atoms with Crippen LogP contribution < -0.4 is 4.74 Å². The Balaban J connectivity index is 1.47. The SMILES string of the molecule is Cc1oc(-c2ccc(C(=O)O)cc2)nc1Cc1ccc(Oc2ccccc2)cc1. The zero-order valence-corrected chi connectivity index (χ0v) is 15.8. The van der Waals surface area contributed by atoms with Gasteiger partial charge in [-0.25, -0.2) is 9.78 Å². The lowest BCUT2D eigenvalue weighted by Gasteiger charge is -2.06. The fourth-order valence-electron chi connectivity index (χ4n) is 2.96. The van der Waals surface area contributed by atoms with E-state index in [0.29, 0.717) is 12.3 Å². The molecule has 1 N–H and O–H groups in total. The van der Waals surface area contributed by atoms with Gasteiger partial charge in [-0.3, -0.25) is 0 Å². The molecule has 0 aliphatic heterocycles. The molecule has 5 heteroatoms. The number of hydrogen-bond acceptors (Lipinski definition) is 4. The maximum absolute atomic E-state index is 11.0. The number of carboxylic acid groups (broad SMARTS) is 1. The number of oxazole rings is 1. The highest BCUT2D eigenvalue weighted by atomic mass is 16.5. The van der Waals surface area contributed by atoms with Crippen LogP contribution in [-0.2, 0) is 6.42 Å². The highest BCUT2D eigenvalue weighted by Crippen LogP contribution is 2.25. The Hall–Kier alpha value is -3.86. The zero-order chi connectivity index (χ0) is 20.2. The van der Waals surface area contributed by atoms with E-state index in [-0.39, 0.29) is 5.56 Å². The van der Waals surface area contributed by atoms with Crippen LogP contribution in [0.3, 0.4) is 0 Å². The van der Waals surface area contributed by atoms with Gasteiger partial charge in [0.1, 0.15) is 17.3 Å². The smallest absolute Gasteiger partial charge is 0.335 e. The molecule has 0 atom stereocenters. The Morgan fingerprint density at radius 2 is 1.59 bits per heavy atom. The first kappa shape index (κ1) is 18.5. The first-order valence-electron chi connectivity index (χ1n) is 9.20. The summed E-state index contributed by atoms with van der Waals surface area (Å²) < 4.78 is 11.6. The lowest BCUT2D eigenvalue weighted by atomic mass is 10.1. The lowest BCUT2D eigenvalue weighted by Crippen LogP contribution is -1.95. The molecule has 1 heterocycles. The number of aryl methyl sites for hydroxylation is 1. The Bertz CT molecular complexity index is 1110. The van der Waals surface area contributed by atoms with Crippen molar-refractivity contribution in [1.82, 2.24) is 4.98 Å². The molecule has 0 aliphatic rings. The molecule has 0 saturated heterocycles. The van der Waals surface area contributed by atoms with Crippen molar-refractivity contribution in [3.05, 3.63) is 101 Å². The van der Waals surface area contributed by atoms with Crippen LogP contribution in [0.4, 0.5) is 0 Å². The summed E-state index contributed by atoms with van der Waals surface area (Å²) in [5, 5.41) is 9.01. The van der Waals surface area contributed by atoms with Crippen molar-refractivity contribution < 1.29 is 19.1 Å². The van der Waals surface area contributed by atoms with Crippen molar-refractivity contribution in [2.45, 2.75) is 13.3 Å². The summed E-state index contributed by atoms with van der Waals surface area (Å²) in [6, 6.07) is 24.0. The van der Waals surface area contributed by atoms with Gasteiger partial charge in [0.25, 0.3) is 0 Å². The number of carboxylic acids is 1. The quantitative estimate of drug-likeness (QED) is 0.459. The topological polar surface area (TPSA) is 72.6 Å². The minimum Gasteiger partial charge on any atom is -0.478 e. The average molecular weight is 385 g/mol. The molecular weight excluding hydrogens is 366 g/mol. The van der Waals surface area contributed by atoms with Crippen LogP contribution in [0.15, 0.2) is 83.3 Å². The van der Waals surface area contributed by atoms with Gasteiger partial charge in [-0.1, -0.05) is 30.3 Å². The molecule has 4 rings (SSSR count). The highest BCUT2D eigenvalue weighted by molar-refractivity contribution is 5.88. The summed E-state index contributed by atoms with van der Waals surface area (Å²) in [5.41, 5.74) is 2.92. The number of rotatable bonds is 6. The Morgan fingerprint density at radius 1 is 0.931 bits per heavy atom. The number of aromatic carboxylic acids is 1. The van der Waals surface area contributed by atoms with E-state index in [1.165, 1.54) is 0 Å². The molecule has 3 aromatic carbocycles. The summed E-state index contributed by atoms with van der Waals surface area (Å²) in [7, 11) is 0. The standard InChI is InChI=1S/C24H19NO4/c1-16-22(25-23(28-16)18-9-11-19(12-10-18)24(26)27)15-17-7-13-21(14-8-17)29-20-5-3-2-4-6-20/h2-14H,15H2,1H3,(H,26,27). The number of para-hydroxylation sites is 1. The molecule has 1 aromatic heterocycles. The van der Waals surface area contributed by atoms with Crippen LogP contribution in [-0.4, -0.2) is 16.1 Å². The minimum absolute atomic E-state index is 0.232. The Labute approximate surface area is 168 Å². The number of carbonyl (C=O) groups is 1. The van der Waals surface area contributed by atoms with E-state index in [1.54, 1.807) is 24.3 Å². The van der Waals surface area contributed by atoms with E-state index in [9.17, 15) is 4.79 Å². The molecule has 0 radical (unpaired) electrons. The van der Waals surface area contributed by atoms with Crippen molar-refractivity contribution >= 4 is 5.97 Å². The molecule has 0 amide bonds. The predicted octanol–water partition coefficient (Wildman–Crippen LogP) is 5.73. The van der Waals surface area contributed by atoms with Crippen molar-refractivity contribution in [2.75, 3.05) is 0 Å². The van der Waals surface area contributed by atoms with Gasteiger partial charge in [-0.2, -0.15) is 0 Å². The molecule has 0 bridgehead atoms. The first-order chi connectivity index (χ1) is 14.1. The zero-order valence-electron chi connectivity index (χ0n) is 15.8. The Kier molecular flexibility index (Phi) is 5.12. The van der Waals surface area contributed by atoms with Gasteiger partial charge in [0.15, 0.2) is 0 Å². The third-order valence-corrected chi connectivity index (χ3v) is 4.55. The summed E-state index contributed by atoms with van der Waals surface area (Å²) in [4.78, 5) is 15.6. The minimum atomic E-state index is -0.958. The Morgan fingerprint density at radius 3 is 2.24 bits per heavy atom. The number of aromatic nitrogens is 1. The second kappa shape index (κ2) is 8.02. The number of ether oxygens (including phenoxy) is 1. The van der Waals surface area contributed by atoms with Crippen LogP contribution in [0.1, 0.15) is 27.4 Å². The van der Waals surface area contributed by atoms with Crippen LogP contribution in [0.5, 0.6) is 11.5 Å². The number of nitrogens with zero attached hydrogens (tertiary/aromatic N) is 1. The van der Waals surface area contributed by atoms with Gasteiger partial charge >= 0.3 is 5.97 Å². The fourth-order valence-corrected chi connectivity index (χ4v) is 2.96. The monoisotopic (exact) mass is 385 g/mol. The molecule has 0 aliphatic carbocycles. The van der Waals surface area contributed by atoms with Gasteiger partial charge < -0.3 is 14.3 Å². The van der Waals surface area contributed by atoms with Crippen LogP contribution >= 0.6 is 0 Å². The largest absolute Gasteiger partial charge is 0.478 e. The lowest BCUT2D eigenvalue weighted by molar-refractivity contribution is 0.0697. The van der Waals surface area contributed by atoms with Gasteiger partial charge in [-0.05, 0) is 61.0 Å².